The van der Waals surface area contributed by atoms with Gasteiger partial charge < -0.3 is 31.6 Å². The average molecular weight is 826 g/mol. The number of hydrogen-bond donors (Lipinski definition) is 4. The van der Waals surface area contributed by atoms with Crippen LogP contribution in [-0.4, -0.2) is 50.6 Å². The molecule has 332 valence electrons. The highest BCUT2D eigenvalue weighted by Gasteiger charge is 2.25. The number of halogens is 2. The average Bonchev–Trinajstić information content (AvgIpc) is 3.14. The topological polar surface area (TPSA) is 129 Å². The minimum absolute atomic E-state index is 0. The molecule has 0 aromatic rings. The van der Waals surface area contributed by atoms with Gasteiger partial charge in [0.05, 0.1) is 13.2 Å². The fraction of sp³-hybridized carbons (Fsp3) is 0.956. The van der Waals surface area contributed by atoms with E-state index in [0.29, 0.717) is 38.9 Å². The minimum Gasteiger partial charge on any atom is -0.449 e. The summed E-state index contributed by atoms with van der Waals surface area (Å²) >= 11 is 0. The fourth-order valence-corrected chi connectivity index (χ4v) is 7.19. The first-order valence-electron chi connectivity index (χ1n) is 23.3. The smallest absolute Gasteiger partial charge is 0.407 e. The molecule has 6 N–H and O–H groups in total. The summed E-state index contributed by atoms with van der Waals surface area (Å²) in [6.07, 6.45) is 43.3. The van der Waals surface area contributed by atoms with Gasteiger partial charge in [0.25, 0.3) is 0 Å². The third-order valence-corrected chi connectivity index (χ3v) is 10.9. The van der Waals surface area contributed by atoms with Crippen LogP contribution in [0.5, 0.6) is 0 Å². The second-order valence-electron chi connectivity index (χ2n) is 16.1. The zero-order valence-corrected chi connectivity index (χ0v) is 38.0. The van der Waals surface area contributed by atoms with Crippen LogP contribution in [0.2, 0.25) is 0 Å². The van der Waals surface area contributed by atoms with Gasteiger partial charge in [0.1, 0.15) is 0 Å². The quantitative estimate of drug-likeness (QED) is 0.0454. The molecule has 0 rings (SSSR count). The SMILES string of the molecule is CCCCCCCCCCCCCCCCCCNC(=O)OCCC(N)(CCN)CCOC(=O)NCCCCCCCCCCCCCCCCCC.Cl.Cl. The van der Waals surface area contributed by atoms with E-state index < -0.39 is 17.7 Å². The van der Waals surface area contributed by atoms with Crippen LogP contribution in [0.3, 0.4) is 0 Å². The van der Waals surface area contributed by atoms with Gasteiger partial charge in [0.2, 0.25) is 0 Å². The number of carbonyl (C=O) groups excluding carboxylic acids is 2. The molecule has 0 atom stereocenters. The third-order valence-electron chi connectivity index (χ3n) is 10.9. The molecule has 8 nitrogen and oxygen atoms in total. The van der Waals surface area contributed by atoms with Crippen molar-refractivity contribution in [3.63, 3.8) is 0 Å². The molecule has 0 aromatic heterocycles. The number of hydrogen-bond acceptors (Lipinski definition) is 6. The van der Waals surface area contributed by atoms with Crippen molar-refractivity contribution in [2.45, 2.75) is 244 Å². The molecule has 0 saturated carbocycles. The first-order chi connectivity index (χ1) is 26.0. The Hall–Kier alpha value is -0.960. The second kappa shape index (κ2) is 47.4. The zero-order chi connectivity index (χ0) is 38.8. The van der Waals surface area contributed by atoms with Crippen molar-refractivity contribution in [1.29, 1.82) is 0 Å². The maximum Gasteiger partial charge on any atom is 0.407 e. The number of nitrogens with two attached hydrogens (primary N) is 2. The predicted molar refractivity (Wildman–Crippen MR) is 242 cm³/mol. The Bertz CT molecular complexity index is 725. The number of unbranched alkanes of at least 4 members (excludes halogenated alkanes) is 30. The molecule has 0 unspecified atom stereocenters. The molecule has 0 aliphatic rings. The lowest BCUT2D eigenvalue weighted by Crippen LogP contribution is -2.44. The molecule has 10 heteroatoms. The van der Waals surface area contributed by atoms with Gasteiger partial charge in [-0.3, -0.25) is 0 Å². The number of ether oxygens (including phenoxy) is 2. The molecule has 0 aliphatic heterocycles. The van der Waals surface area contributed by atoms with Gasteiger partial charge in [-0.1, -0.05) is 206 Å². The van der Waals surface area contributed by atoms with Crippen molar-refractivity contribution in [1.82, 2.24) is 10.6 Å². The van der Waals surface area contributed by atoms with Gasteiger partial charge in [0, 0.05) is 18.6 Å². The summed E-state index contributed by atoms with van der Waals surface area (Å²) in [7, 11) is 0. The number of alkyl carbamates (subject to hydrolysis) is 2. The summed E-state index contributed by atoms with van der Waals surface area (Å²) in [5, 5.41) is 5.72. The fourth-order valence-electron chi connectivity index (χ4n) is 7.19. The number of rotatable bonds is 42. The molecule has 0 bridgehead atoms. The number of carbonyl (C=O) groups is 2. The van der Waals surface area contributed by atoms with E-state index in [0.717, 1.165) is 25.7 Å². The van der Waals surface area contributed by atoms with Crippen LogP contribution in [0.15, 0.2) is 0 Å². The van der Waals surface area contributed by atoms with Crippen molar-refractivity contribution in [3.8, 4) is 0 Å². The molecule has 55 heavy (non-hydrogen) atoms. The summed E-state index contributed by atoms with van der Waals surface area (Å²) in [6.45, 7) is 6.68. The van der Waals surface area contributed by atoms with Crippen molar-refractivity contribution in [2.24, 2.45) is 11.5 Å². The molecular formula is C45H94Cl2N4O4. The number of amides is 2. The lowest BCUT2D eigenvalue weighted by atomic mass is 9.89. The van der Waals surface area contributed by atoms with Gasteiger partial charge in [-0.15, -0.1) is 24.8 Å². The lowest BCUT2D eigenvalue weighted by molar-refractivity contribution is 0.116. The summed E-state index contributed by atoms with van der Waals surface area (Å²) in [4.78, 5) is 24.3. The van der Waals surface area contributed by atoms with Gasteiger partial charge in [0.15, 0.2) is 0 Å². The molecule has 0 spiro atoms. The van der Waals surface area contributed by atoms with Gasteiger partial charge in [-0.25, -0.2) is 9.59 Å². The Labute approximate surface area is 353 Å². The monoisotopic (exact) mass is 825 g/mol. The van der Waals surface area contributed by atoms with E-state index in [2.05, 4.69) is 24.5 Å². The molecule has 0 aromatic carbocycles. The highest BCUT2D eigenvalue weighted by Crippen LogP contribution is 2.18. The van der Waals surface area contributed by atoms with Crippen LogP contribution >= 0.6 is 24.8 Å². The summed E-state index contributed by atoms with van der Waals surface area (Å²) in [6, 6.07) is 0. The predicted octanol–water partition coefficient (Wildman–Crippen LogP) is 13.6. The van der Waals surface area contributed by atoms with Crippen molar-refractivity contribution in [2.75, 3.05) is 32.8 Å². The van der Waals surface area contributed by atoms with Crippen LogP contribution in [-0.2, 0) is 9.47 Å². The summed E-state index contributed by atoms with van der Waals surface area (Å²) < 4.78 is 10.8. The second-order valence-corrected chi connectivity index (χ2v) is 16.1. The molecule has 0 saturated heterocycles. The normalized spacial score (nSPS) is 11.1. The van der Waals surface area contributed by atoms with E-state index in [-0.39, 0.29) is 38.0 Å². The Morgan fingerprint density at radius 2 is 0.655 bits per heavy atom. The van der Waals surface area contributed by atoms with Crippen molar-refractivity contribution in [3.05, 3.63) is 0 Å². The van der Waals surface area contributed by atoms with Crippen LogP contribution in [0, 0.1) is 0 Å². The first kappa shape index (κ1) is 58.4. The highest BCUT2D eigenvalue weighted by atomic mass is 35.5. The highest BCUT2D eigenvalue weighted by molar-refractivity contribution is 5.85. The minimum atomic E-state index is -0.642. The van der Waals surface area contributed by atoms with E-state index in [4.69, 9.17) is 20.9 Å². The largest absolute Gasteiger partial charge is 0.449 e. The van der Waals surface area contributed by atoms with E-state index >= 15 is 0 Å². The number of nitrogens with one attached hydrogen (secondary N) is 2. The van der Waals surface area contributed by atoms with Crippen molar-refractivity contribution >= 4 is 37.0 Å². The molecule has 0 heterocycles. The molecule has 0 aliphatic carbocycles. The Morgan fingerprint density at radius 1 is 0.418 bits per heavy atom. The molecular weight excluding hydrogens is 731 g/mol. The van der Waals surface area contributed by atoms with Gasteiger partial charge in [-0.05, 0) is 38.6 Å². The van der Waals surface area contributed by atoms with Crippen LogP contribution < -0.4 is 22.1 Å². The van der Waals surface area contributed by atoms with E-state index in [1.54, 1.807) is 0 Å². The van der Waals surface area contributed by atoms with Crippen LogP contribution in [0.4, 0.5) is 9.59 Å². The third kappa shape index (κ3) is 45.6. The van der Waals surface area contributed by atoms with Crippen LogP contribution in [0.25, 0.3) is 0 Å². The van der Waals surface area contributed by atoms with Gasteiger partial charge in [-0.2, -0.15) is 0 Å². The standard InChI is InChI=1S/C45H92N4O4.2ClH/c1-3-5-7-9-11-13-15-17-19-21-23-25-27-29-31-33-39-48-43(50)52-41-36-45(47,35-38-46)37-42-53-44(51)49-40-34-32-30-28-26-24-22-20-18-16-14-12-10-8-6-4-2;;/h3-42,46-47H2,1-2H3,(H,48,50)(H,49,51);2*1H. The lowest BCUT2D eigenvalue weighted by Gasteiger charge is -2.28. The maximum absolute atomic E-state index is 12.2. The van der Waals surface area contributed by atoms with Crippen LogP contribution in [0.1, 0.15) is 239 Å². The molecule has 2 amide bonds. The van der Waals surface area contributed by atoms with E-state index in [9.17, 15) is 9.59 Å². The van der Waals surface area contributed by atoms with E-state index in [1.807, 2.05) is 0 Å². The summed E-state index contributed by atoms with van der Waals surface area (Å²) in [5.41, 5.74) is 11.7. The Morgan fingerprint density at radius 3 is 0.891 bits per heavy atom. The Balaban J connectivity index is -0.0000135. The van der Waals surface area contributed by atoms with E-state index in [1.165, 1.54) is 180 Å². The maximum atomic E-state index is 12.2. The molecule has 0 fully saturated rings. The van der Waals surface area contributed by atoms with Crippen molar-refractivity contribution < 1.29 is 19.1 Å². The first-order valence-corrected chi connectivity index (χ1v) is 23.3. The zero-order valence-electron chi connectivity index (χ0n) is 36.4. The summed E-state index contributed by atoms with van der Waals surface area (Å²) in [5.74, 6) is 0. The van der Waals surface area contributed by atoms with Gasteiger partial charge >= 0.3 is 12.2 Å². The Kier molecular flexibility index (Phi) is 50.3. The molecule has 0 radical (unpaired) electrons.